The molecule has 1 saturated heterocycles. The lowest BCUT2D eigenvalue weighted by Crippen LogP contribution is -2.40. The number of hydrogen-bond acceptors (Lipinski definition) is 2. The van der Waals surface area contributed by atoms with Crippen LogP contribution in [0.5, 0.6) is 0 Å². The van der Waals surface area contributed by atoms with Gasteiger partial charge in [-0.2, -0.15) is 0 Å². The maximum atomic E-state index is 3.70. The summed E-state index contributed by atoms with van der Waals surface area (Å²) < 4.78 is 0. The van der Waals surface area contributed by atoms with Crippen LogP contribution < -0.4 is 10.6 Å². The van der Waals surface area contributed by atoms with Gasteiger partial charge >= 0.3 is 0 Å². The van der Waals surface area contributed by atoms with Gasteiger partial charge in [0, 0.05) is 18.1 Å². The summed E-state index contributed by atoms with van der Waals surface area (Å²) in [7, 11) is 0. The van der Waals surface area contributed by atoms with Crippen molar-refractivity contribution >= 4 is 0 Å². The Morgan fingerprint density at radius 2 is 2.00 bits per heavy atom. The highest BCUT2D eigenvalue weighted by molar-refractivity contribution is 5.18. The Hall–Kier alpha value is -0.860. The minimum atomic E-state index is 0.435. The van der Waals surface area contributed by atoms with Crippen molar-refractivity contribution in [2.45, 2.75) is 57.7 Å². The van der Waals surface area contributed by atoms with Crippen LogP contribution in [0.3, 0.4) is 0 Å². The molecule has 1 aromatic rings. The van der Waals surface area contributed by atoms with Crippen molar-refractivity contribution in [1.29, 1.82) is 0 Å². The maximum absolute atomic E-state index is 3.70. The van der Waals surface area contributed by atoms with Gasteiger partial charge < -0.3 is 10.6 Å². The molecule has 0 bridgehead atoms. The van der Waals surface area contributed by atoms with E-state index >= 15 is 0 Å². The van der Waals surface area contributed by atoms with E-state index in [1.807, 2.05) is 0 Å². The summed E-state index contributed by atoms with van der Waals surface area (Å²) in [4.78, 5) is 0. The second kappa shape index (κ2) is 6.91. The molecule has 0 spiro atoms. The average Bonchev–Trinajstić information content (AvgIpc) is 2.40. The molecule has 0 amide bonds. The van der Waals surface area contributed by atoms with Crippen molar-refractivity contribution in [3.8, 4) is 0 Å². The molecule has 3 unspecified atom stereocenters. The highest BCUT2D eigenvalue weighted by Crippen LogP contribution is 2.16. The summed E-state index contributed by atoms with van der Waals surface area (Å²) in [5.41, 5.74) is 1.38. The van der Waals surface area contributed by atoms with Crippen LogP contribution in [0.15, 0.2) is 30.3 Å². The fourth-order valence-corrected chi connectivity index (χ4v) is 2.88. The molecule has 1 heterocycles. The van der Waals surface area contributed by atoms with Crippen LogP contribution in [0.1, 0.15) is 51.1 Å². The van der Waals surface area contributed by atoms with Crippen LogP contribution in [0.4, 0.5) is 0 Å². The molecule has 0 aliphatic carbocycles. The van der Waals surface area contributed by atoms with Gasteiger partial charge in [0.1, 0.15) is 0 Å². The highest BCUT2D eigenvalue weighted by Gasteiger charge is 2.17. The second-order valence-electron chi connectivity index (χ2n) is 5.58. The largest absolute Gasteiger partial charge is 0.314 e. The molecular weight excluding hydrogens is 220 g/mol. The first-order chi connectivity index (χ1) is 8.75. The summed E-state index contributed by atoms with van der Waals surface area (Å²) >= 11 is 0. The van der Waals surface area contributed by atoms with E-state index in [-0.39, 0.29) is 0 Å². The molecule has 2 heteroatoms. The summed E-state index contributed by atoms with van der Waals surface area (Å²) in [5.74, 6) is 0. The molecule has 3 atom stereocenters. The lowest BCUT2D eigenvalue weighted by atomic mass is 9.98. The standard InChI is InChI=1S/C16H26N2/c1-13(12-16-10-6-7-11-17-16)18-14(2)15-8-4-3-5-9-15/h3-5,8-9,13-14,16-18H,6-7,10-12H2,1-2H3. The zero-order valence-corrected chi connectivity index (χ0v) is 11.7. The molecule has 18 heavy (non-hydrogen) atoms. The van der Waals surface area contributed by atoms with E-state index in [9.17, 15) is 0 Å². The topological polar surface area (TPSA) is 24.1 Å². The van der Waals surface area contributed by atoms with Gasteiger partial charge in [-0.3, -0.25) is 0 Å². The quantitative estimate of drug-likeness (QED) is 0.833. The number of rotatable bonds is 5. The van der Waals surface area contributed by atoms with E-state index in [4.69, 9.17) is 0 Å². The lowest BCUT2D eigenvalue weighted by Gasteiger charge is -2.28. The lowest BCUT2D eigenvalue weighted by molar-refractivity contribution is 0.334. The van der Waals surface area contributed by atoms with E-state index < -0.39 is 0 Å². The third-order valence-corrected chi connectivity index (χ3v) is 3.88. The molecule has 1 fully saturated rings. The molecule has 0 radical (unpaired) electrons. The van der Waals surface area contributed by atoms with Crippen molar-refractivity contribution in [3.05, 3.63) is 35.9 Å². The molecule has 1 aliphatic heterocycles. The minimum absolute atomic E-state index is 0.435. The molecule has 0 saturated carbocycles. The Kier molecular flexibility index (Phi) is 5.21. The van der Waals surface area contributed by atoms with Crippen LogP contribution in [0, 0.1) is 0 Å². The van der Waals surface area contributed by atoms with Crippen LogP contribution >= 0.6 is 0 Å². The van der Waals surface area contributed by atoms with Gasteiger partial charge in [0.15, 0.2) is 0 Å². The van der Waals surface area contributed by atoms with Crippen molar-refractivity contribution in [1.82, 2.24) is 10.6 Å². The first kappa shape index (κ1) is 13.6. The molecular formula is C16H26N2. The van der Waals surface area contributed by atoms with Crippen LogP contribution in [-0.4, -0.2) is 18.6 Å². The smallest absolute Gasteiger partial charge is 0.0294 e. The molecule has 2 N–H and O–H groups in total. The molecule has 2 nitrogen and oxygen atoms in total. The number of benzene rings is 1. The van der Waals surface area contributed by atoms with Crippen molar-refractivity contribution < 1.29 is 0 Å². The maximum Gasteiger partial charge on any atom is 0.0294 e. The third-order valence-electron chi connectivity index (χ3n) is 3.88. The van der Waals surface area contributed by atoms with Gasteiger partial charge in [0.2, 0.25) is 0 Å². The zero-order valence-electron chi connectivity index (χ0n) is 11.7. The highest BCUT2D eigenvalue weighted by atomic mass is 15.0. The number of nitrogens with one attached hydrogen (secondary N) is 2. The Bertz CT molecular complexity index is 330. The molecule has 0 aromatic heterocycles. The SMILES string of the molecule is CC(CC1CCCCN1)NC(C)c1ccccc1. The summed E-state index contributed by atoms with van der Waals surface area (Å²) in [6.07, 6.45) is 5.31. The first-order valence-corrected chi connectivity index (χ1v) is 7.30. The van der Waals surface area contributed by atoms with Crippen LogP contribution in [0.25, 0.3) is 0 Å². The predicted molar refractivity (Wildman–Crippen MR) is 77.7 cm³/mol. The fraction of sp³-hybridized carbons (Fsp3) is 0.625. The Balaban J connectivity index is 1.78. The van der Waals surface area contributed by atoms with Gasteiger partial charge in [0.25, 0.3) is 0 Å². The minimum Gasteiger partial charge on any atom is -0.314 e. The Morgan fingerprint density at radius 3 is 2.67 bits per heavy atom. The predicted octanol–water partition coefficient (Wildman–Crippen LogP) is 3.26. The summed E-state index contributed by atoms with van der Waals surface area (Å²) in [6, 6.07) is 12.4. The van der Waals surface area contributed by atoms with Gasteiger partial charge in [-0.05, 0) is 45.2 Å². The van der Waals surface area contributed by atoms with Crippen molar-refractivity contribution in [3.63, 3.8) is 0 Å². The van der Waals surface area contributed by atoms with E-state index in [2.05, 4.69) is 54.8 Å². The van der Waals surface area contributed by atoms with Crippen molar-refractivity contribution in [2.24, 2.45) is 0 Å². The number of piperidine rings is 1. The van der Waals surface area contributed by atoms with Crippen LogP contribution in [-0.2, 0) is 0 Å². The van der Waals surface area contributed by atoms with E-state index in [1.54, 1.807) is 0 Å². The summed E-state index contributed by atoms with van der Waals surface area (Å²) in [6.45, 7) is 5.75. The zero-order chi connectivity index (χ0) is 12.8. The Labute approximate surface area is 111 Å². The van der Waals surface area contributed by atoms with Gasteiger partial charge in [-0.1, -0.05) is 36.8 Å². The summed E-state index contributed by atoms with van der Waals surface area (Å²) in [5, 5.41) is 7.33. The number of hydrogen-bond donors (Lipinski definition) is 2. The molecule has 1 aliphatic rings. The molecule has 100 valence electrons. The second-order valence-corrected chi connectivity index (χ2v) is 5.58. The van der Waals surface area contributed by atoms with E-state index in [1.165, 1.54) is 37.8 Å². The average molecular weight is 246 g/mol. The van der Waals surface area contributed by atoms with E-state index in [0.717, 1.165) is 0 Å². The first-order valence-electron chi connectivity index (χ1n) is 7.30. The Morgan fingerprint density at radius 1 is 1.22 bits per heavy atom. The molecule has 2 rings (SSSR count). The molecule has 1 aromatic carbocycles. The van der Waals surface area contributed by atoms with Crippen LogP contribution in [0.2, 0.25) is 0 Å². The fourth-order valence-electron chi connectivity index (χ4n) is 2.88. The van der Waals surface area contributed by atoms with Gasteiger partial charge in [-0.15, -0.1) is 0 Å². The van der Waals surface area contributed by atoms with Gasteiger partial charge in [-0.25, -0.2) is 0 Å². The third kappa shape index (κ3) is 4.11. The van der Waals surface area contributed by atoms with Gasteiger partial charge in [0.05, 0.1) is 0 Å². The normalized spacial score (nSPS) is 23.6. The van der Waals surface area contributed by atoms with Crippen molar-refractivity contribution in [2.75, 3.05) is 6.54 Å². The monoisotopic (exact) mass is 246 g/mol. The van der Waals surface area contributed by atoms with E-state index in [0.29, 0.717) is 18.1 Å².